The van der Waals surface area contributed by atoms with E-state index in [2.05, 4.69) is 0 Å². The molecule has 0 amide bonds. The van der Waals surface area contributed by atoms with Gasteiger partial charge < -0.3 is 15.1 Å². The fourth-order valence-corrected chi connectivity index (χ4v) is 1.82. The van der Waals surface area contributed by atoms with Crippen molar-refractivity contribution in [2.75, 3.05) is 25.1 Å². The zero-order chi connectivity index (χ0) is 12.7. The molecule has 0 unspecified atom stereocenters. The van der Waals surface area contributed by atoms with Crippen molar-refractivity contribution < 1.29 is 14.6 Å². The molecule has 0 heterocycles. The maximum absolute atomic E-state index is 13.4. The molecule has 0 saturated heterocycles. The summed E-state index contributed by atoms with van der Waals surface area (Å²) in [6.45, 7) is 0.713. The second kappa shape index (κ2) is 7.25. The zero-order valence-corrected chi connectivity index (χ0v) is 10.2. The molecular weight excluding hydrogens is 221 g/mol. The maximum atomic E-state index is 13.4. The Bertz CT molecular complexity index is 344. The van der Waals surface area contributed by atoms with Gasteiger partial charge in [-0.15, -0.1) is 0 Å². The average molecular weight is 241 g/mol. The second-order valence-electron chi connectivity index (χ2n) is 4.10. The topological polar surface area (TPSA) is 43.7 Å². The van der Waals surface area contributed by atoms with E-state index in [9.17, 15) is 4.39 Å². The molecule has 0 atom stereocenters. The summed E-state index contributed by atoms with van der Waals surface area (Å²) in [6, 6.07) is 4.81. The van der Waals surface area contributed by atoms with Crippen molar-refractivity contribution in [1.29, 1.82) is 0 Å². The molecule has 17 heavy (non-hydrogen) atoms. The minimum absolute atomic E-state index is 0.214. The van der Waals surface area contributed by atoms with Crippen LogP contribution in [0.25, 0.3) is 0 Å². The summed E-state index contributed by atoms with van der Waals surface area (Å²) < 4.78 is 13.4. The third-order valence-electron chi connectivity index (χ3n) is 2.82. The van der Waals surface area contributed by atoms with E-state index in [1.54, 1.807) is 12.1 Å². The Morgan fingerprint density at radius 2 is 1.94 bits per heavy atom. The number of nitrogens with zero attached hydrogens (tertiary/aromatic N) is 1. The van der Waals surface area contributed by atoms with Gasteiger partial charge in [0.05, 0.1) is 6.61 Å². The molecule has 1 aromatic rings. The van der Waals surface area contributed by atoms with Crippen molar-refractivity contribution in [3.63, 3.8) is 0 Å². The molecule has 0 aliphatic carbocycles. The van der Waals surface area contributed by atoms with Crippen molar-refractivity contribution in [1.82, 2.24) is 0 Å². The molecule has 0 bridgehead atoms. The Labute approximate surface area is 101 Å². The number of hydrogen-bond acceptors (Lipinski definition) is 3. The fourth-order valence-electron chi connectivity index (χ4n) is 1.82. The molecule has 1 aromatic carbocycles. The Morgan fingerprint density at radius 1 is 1.18 bits per heavy atom. The van der Waals surface area contributed by atoms with Gasteiger partial charge in [-0.2, -0.15) is 0 Å². The van der Waals surface area contributed by atoms with Crippen LogP contribution in [0.15, 0.2) is 18.2 Å². The smallest absolute Gasteiger partial charge is 0.130 e. The summed E-state index contributed by atoms with van der Waals surface area (Å²) in [5, 5.41) is 17.8. The van der Waals surface area contributed by atoms with Crippen LogP contribution in [0.1, 0.15) is 24.8 Å². The minimum Gasteiger partial charge on any atom is -0.396 e. The zero-order valence-electron chi connectivity index (χ0n) is 10.2. The van der Waals surface area contributed by atoms with E-state index in [0.717, 1.165) is 31.5 Å². The highest BCUT2D eigenvalue weighted by atomic mass is 19.1. The Balaban J connectivity index is 2.61. The van der Waals surface area contributed by atoms with E-state index >= 15 is 0 Å². The second-order valence-corrected chi connectivity index (χ2v) is 4.10. The van der Waals surface area contributed by atoms with E-state index in [4.69, 9.17) is 10.2 Å². The van der Waals surface area contributed by atoms with Crippen LogP contribution in [0.2, 0.25) is 0 Å². The number of anilines is 1. The van der Waals surface area contributed by atoms with Crippen LogP contribution in [0.3, 0.4) is 0 Å². The molecule has 96 valence electrons. The van der Waals surface area contributed by atoms with Crippen LogP contribution < -0.4 is 4.90 Å². The van der Waals surface area contributed by atoms with Crippen molar-refractivity contribution >= 4 is 5.69 Å². The number of benzene rings is 1. The lowest BCUT2D eigenvalue weighted by Crippen LogP contribution is -2.20. The van der Waals surface area contributed by atoms with E-state index in [1.807, 2.05) is 11.9 Å². The van der Waals surface area contributed by atoms with Crippen LogP contribution in [0.5, 0.6) is 0 Å². The van der Waals surface area contributed by atoms with Crippen LogP contribution in [0.4, 0.5) is 10.1 Å². The molecule has 2 N–H and O–H groups in total. The highest BCUT2D eigenvalue weighted by Crippen LogP contribution is 2.22. The Kier molecular flexibility index (Phi) is 5.94. The highest BCUT2D eigenvalue weighted by molar-refractivity contribution is 5.53. The monoisotopic (exact) mass is 241 g/mol. The van der Waals surface area contributed by atoms with Crippen molar-refractivity contribution in [3.05, 3.63) is 29.6 Å². The third kappa shape index (κ3) is 3.98. The molecule has 0 aliphatic rings. The van der Waals surface area contributed by atoms with Crippen LogP contribution in [-0.4, -0.2) is 30.4 Å². The van der Waals surface area contributed by atoms with Crippen LogP contribution >= 0.6 is 0 Å². The first-order valence-corrected chi connectivity index (χ1v) is 5.91. The first-order chi connectivity index (χ1) is 8.20. The van der Waals surface area contributed by atoms with Crippen LogP contribution in [0, 0.1) is 5.82 Å². The summed E-state index contributed by atoms with van der Waals surface area (Å²) in [6.07, 6.45) is 2.69. The molecule has 0 aromatic heterocycles. The largest absolute Gasteiger partial charge is 0.396 e. The standard InChI is InChI=1S/C13H20FNO2/c1-15(8-3-2-4-9-16)13-7-5-6-12(14)11(13)10-17/h5-7,16-17H,2-4,8-10H2,1H3. The van der Waals surface area contributed by atoms with Gasteiger partial charge in [-0.05, 0) is 31.4 Å². The SMILES string of the molecule is CN(CCCCCO)c1cccc(F)c1CO. The highest BCUT2D eigenvalue weighted by Gasteiger charge is 2.10. The summed E-state index contributed by atoms with van der Waals surface area (Å²) in [5.74, 6) is -0.368. The van der Waals surface area contributed by atoms with Gasteiger partial charge in [-0.3, -0.25) is 0 Å². The molecule has 1 rings (SSSR count). The summed E-state index contributed by atoms with van der Waals surface area (Å²) in [5.41, 5.74) is 1.08. The number of aliphatic hydroxyl groups is 2. The summed E-state index contributed by atoms with van der Waals surface area (Å²) in [7, 11) is 1.88. The first-order valence-electron chi connectivity index (χ1n) is 5.91. The van der Waals surface area contributed by atoms with Gasteiger partial charge in [0.2, 0.25) is 0 Å². The van der Waals surface area contributed by atoms with Gasteiger partial charge in [0, 0.05) is 31.5 Å². The molecule has 0 saturated carbocycles. The van der Waals surface area contributed by atoms with E-state index in [0.29, 0.717) is 5.56 Å². The molecule has 0 spiro atoms. The number of unbranched alkanes of at least 4 members (excludes halogenated alkanes) is 2. The van der Waals surface area contributed by atoms with Gasteiger partial charge in [-0.1, -0.05) is 6.07 Å². The number of rotatable bonds is 7. The Hall–Kier alpha value is -1.13. The van der Waals surface area contributed by atoms with E-state index in [-0.39, 0.29) is 19.0 Å². The van der Waals surface area contributed by atoms with Crippen molar-refractivity contribution in [2.24, 2.45) is 0 Å². The van der Waals surface area contributed by atoms with Gasteiger partial charge >= 0.3 is 0 Å². The van der Waals surface area contributed by atoms with Gasteiger partial charge in [0.15, 0.2) is 0 Å². The summed E-state index contributed by atoms with van der Waals surface area (Å²) >= 11 is 0. The quantitative estimate of drug-likeness (QED) is 0.717. The molecule has 4 heteroatoms. The normalized spacial score (nSPS) is 10.6. The average Bonchev–Trinajstić information content (AvgIpc) is 2.34. The molecule has 0 radical (unpaired) electrons. The third-order valence-corrected chi connectivity index (χ3v) is 2.82. The van der Waals surface area contributed by atoms with Crippen molar-refractivity contribution in [2.45, 2.75) is 25.9 Å². The lowest BCUT2D eigenvalue weighted by Gasteiger charge is -2.22. The van der Waals surface area contributed by atoms with Gasteiger partial charge in [0.1, 0.15) is 5.82 Å². The number of hydrogen-bond donors (Lipinski definition) is 2. The minimum atomic E-state index is -0.368. The predicted molar refractivity (Wildman–Crippen MR) is 66.5 cm³/mol. The van der Waals surface area contributed by atoms with Crippen molar-refractivity contribution in [3.8, 4) is 0 Å². The number of halogens is 1. The Morgan fingerprint density at radius 3 is 2.59 bits per heavy atom. The predicted octanol–water partition coefficient (Wildman–Crippen LogP) is 1.92. The van der Waals surface area contributed by atoms with Gasteiger partial charge in [-0.25, -0.2) is 4.39 Å². The molecule has 0 aliphatic heterocycles. The fraction of sp³-hybridized carbons (Fsp3) is 0.538. The van der Waals surface area contributed by atoms with E-state index in [1.165, 1.54) is 6.07 Å². The van der Waals surface area contributed by atoms with E-state index < -0.39 is 0 Å². The number of aliphatic hydroxyl groups excluding tert-OH is 2. The maximum Gasteiger partial charge on any atom is 0.130 e. The molecular formula is C13H20FNO2. The first kappa shape index (κ1) is 13.9. The molecule has 3 nitrogen and oxygen atoms in total. The van der Waals surface area contributed by atoms with Crippen LogP contribution in [-0.2, 0) is 6.61 Å². The lowest BCUT2D eigenvalue weighted by molar-refractivity contribution is 0.276. The van der Waals surface area contributed by atoms with Gasteiger partial charge in [0.25, 0.3) is 0 Å². The summed E-state index contributed by atoms with van der Waals surface area (Å²) in [4.78, 5) is 1.94. The molecule has 0 fully saturated rings. The lowest BCUT2D eigenvalue weighted by atomic mass is 10.1.